The van der Waals surface area contributed by atoms with E-state index in [0.717, 1.165) is 22.4 Å². The molecule has 6 nitrogen and oxygen atoms in total. The molecule has 2 aromatic carbocycles. The number of thiocarbonyl (C=S) groups is 1. The van der Waals surface area contributed by atoms with Gasteiger partial charge in [-0.1, -0.05) is 47.7 Å². The van der Waals surface area contributed by atoms with Crippen LogP contribution in [0.3, 0.4) is 0 Å². The van der Waals surface area contributed by atoms with Gasteiger partial charge in [0.15, 0.2) is 11.5 Å². The summed E-state index contributed by atoms with van der Waals surface area (Å²) in [6.07, 6.45) is 1.73. The molecule has 0 radical (unpaired) electrons. The molecule has 3 rings (SSSR count). The number of nitrogens with zero attached hydrogens (tertiary/aromatic N) is 1. The summed E-state index contributed by atoms with van der Waals surface area (Å²) in [6, 6.07) is 11.1. The van der Waals surface area contributed by atoms with E-state index < -0.39 is 0 Å². The Hall–Kier alpha value is -2.84. The minimum Gasteiger partial charge on any atom is -0.493 e. The van der Waals surface area contributed by atoms with Crippen LogP contribution in [0.25, 0.3) is 6.08 Å². The van der Waals surface area contributed by atoms with Crippen molar-refractivity contribution in [1.29, 1.82) is 0 Å². The summed E-state index contributed by atoms with van der Waals surface area (Å²) in [5, 5.41) is 2.85. The van der Waals surface area contributed by atoms with Crippen LogP contribution in [0.15, 0.2) is 41.3 Å². The van der Waals surface area contributed by atoms with Crippen molar-refractivity contribution >= 4 is 51.9 Å². The minimum absolute atomic E-state index is 0.138. The van der Waals surface area contributed by atoms with Crippen molar-refractivity contribution in [3.05, 3.63) is 58.0 Å². The van der Waals surface area contributed by atoms with Gasteiger partial charge in [0.05, 0.1) is 19.1 Å². The van der Waals surface area contributed by atoms with Crippen LogP contribution in [0.1, 0.15) is 16.7 Å². The average molecular weight is 443 g/mol. The molecule has 8 heteroatoms. The summed E-state index contributed by atoms with van der Waals surface area (Å²) in [6.45, 7) is 3.78. The Bertz CT molecular complexity index is 1050. The number of thioether (sulfide) groups is 1. The van der Waals surface area contributed by atoms with Gasteiger partial charge in [-0.25, -0.2) is 0 Å². The maximum atomic E-state index is 12.8. The molecule has 156 valence electrons. The maximum absolute atomic E-state index is 12.8. The molecule has 0 unspecified atom stereocenters. The maximum Gasteiger partial charge on any atom is 0.266 e. The van der Waals surface area contributed by atoms with E-state index in [1.165, 1.54) is 16.7 Å². The first-order valence-corrected chi connectivity index (χ1v) is 10.4. The quantitative estimate of drug-likeness (QED) is 0.535. The molecule has 2 amide bonds. The standard InChI is InChI=1S/C22H22N2O4S2/c1-13-5-7-16(14(2)9-13)23-20(25)12-24-21(26)19(30-22(24)29)11-15-6-8-17(27-3)18(10-15)28-4/h5-11H,12H2,1-4H3,(H,23,25). The Balaban J connectivity index is 1.73. The lowest BCUT2D eigenvalue weighted by Gasteiger charge is -2.15. The van der Waals surface area contributed by atoms with Crippen LogP contribution in [0.5, 0.6) is 11.5 Å². The van der Waals surface area contributed by atoms with Crippen molar-refractivity contribution in [1.82, 2.24) is 4.90 Å². The number of aryl methyl sites for hydroxylation is 2. The Morgan fingerprint density at radius 2 is 1.87 bits per heavy atom. The molecule has 0 atom stereocenters. The number of amides is 2. The highest BCUT2D eigenvalue weighted by Gasteiger charge is 2.33. The predicted octanol–water partition coefficient (Wildman–Crippen LogP) is 4.16. The number of carbonyl (C=O) groups is 2. The molecule has 2 aromatic rings. The molecule has 0 saturated carbocycles. The van der Waals surface area contributed by atoms with Gasteiger partial charge < -0.3 is 14.8 Å². The Labute approximate surface area is 185 Å². The summed E-state index contributed by atoms with van der Waals surface area (Å²) in [4.78, 5) is 27.1. The first-order chi connectivity index (χ1) is 14.3. The highest BCUT2D eigenvalue weighted by Crippen LogP contribution is 2.34. The van der Waals surface area contributed by atoms with Gasteiger partial charge in [0.1, 0.15) is 10.9 Å². The molecule has 1 N–H and O–H groups in total. The molecular weight excluding hydrogens is 420 g/mol. The summed E-state index contributed by atoms with van der Waals surface area (Å²) in [7, 11) is 3.11. The van der Waals surface area contributed by atoms with Crippen LogP contribution in [-0.2, 0) is 9.59 Å². The monoisotopic (exact) mass is 442 g/mol. The molecule has 1 heterocycles. The van der Waals surface area contributed by atoms with Gasteiger partial charge in [0.25, 0.3) is 5.91 Å². The molecule has 0 bridgehead atoms. The summed E-state index contributed by atoms with van der Waals surface area (Å²) < 4.78 is 10.9. The second-order valence-corrected chi connectivity index (χ2v) is 8.42. The fraction of sp³-hybridized carbons (Fsp3) is 0.227. The molecule has 0 aliphatic carbocycles. The van der Waals surface area contributed by atoms with Crippen molar-refractivity contribution in [3.8, 4) is 11.5 Å². The summed E-state index contributed by atoms with van der Waals surface area (Å²) >= 11 is 6.50. The zero-order valence-corrected chi connectivity index (χ0v) is 18.8. The topological polar surface area (TPSA) is 67.9 Å². The zero-order chi connectivity index (χ0) is 21.8. The van der Waals surface area contributed by atoms with Crippen LogP contribution in [0, 0.1) is 13.8 Å². The van der Waals surface area contributed by atoms with E-state index in [0.29, 0.717) is 20.7 Å². The number of nitrogens with one attached hydrogen (secondary N) is 1. The smallest absolute Gasteiger partial charge is 0.266 e. The molecular formula is C22H22N2O4S2. The second-order valence-electron chi connectivity index (χ2n) is 6.75. The molecule has 30 heavy (non-hydrogen) atoms. The second kappa shape index (κ2) is 9.32. The van der Waals surface area contributed by atoms with Crippen molar-refractivity contribution in [2.75, 3.05) is 26.1 Å². The number of anilines is 1. The normalized spacial score (nSPS) is 14.9. The van der Waals surface area contributed by atoms with Gasteiger partial charge in [-0.05, 0) is 49.2 Å². The van der Waals surface area contributed by atoms with E-state index in [1.807, 2.05) is 38.1 Å². The first kappa shape index (κ1) is 21.9. The van der Waals surface area contributed by atoms with Crippen LogP contribution in [-0.4, -0.2) is 41.8 Å². The SMILES string of the molecule is COc1ccc(C=C2SC(=S)N(CC(=O)Nc3ccc(C)cc3C)C2=O)cc1OC. The lowest BCUT2D eigenvalue weighted by molar-refractivity contribution is -0.126. The lowest BCUT2D eigenvalue weighted by atomic mass is 10.1. The van der Waals surface area contributed by atoms with E-state index in [2.05, 4.69) is 5.32 Å². The Morgan fingerprint density at radius 3 is 2.53 bits per heavy atom. The molecule has 1 aliphatic heterocycles. The fourth-order valence-electron chi connectivity index (χ4n) is 3.02. The molecule has 1 aliphatic rings. The third-order valence-corrected chi connectivity index (χ3v) is 5.91. The fourth-order valence-corrected chi connectivity index (χ4v) is 4.27. The van der Waals surface area contributed by atoms with E-state index in [9.17, 15) is 9.59 Å². The number of rotatable bonds is 6. The van der Waals surface area contributed by atoms with Crippen LogP contribution < -0.4 is 14.8 Å². The number of carbonyl (C=O) groups excluding carboxylic acids is 2. The molecule has 0 aromatic heterocycles. The van der Waals surface area contributed by atoms with Gasteiger partial charge in [0, 0.05) is 5.69 Å². The number of methoxy groups -OCH3 is 2. The van der Waals surface area contributed by atoms with Crippen LogP contribution in [0.2, 0.25) is 0 Å². The highest BCUT2D eigenvalue weighted by atomic mass is 32.2. The van der Waals surface area contributed by atoms with Crippen molar-refractivity contribution in [3.63, 3.8) is 0 Å². The largest absolute Gasteiger partial charge is 0.493 e. The van der Waals surface area contributed by atoms with Crippen molar-refractivity contribution in [2.24, 2.45) is 0 Å². The van der Waals surface area contributed by atoms with Gasteiger partial charge in [-0.15, -0.1) is 0 Å². The van der Waals surface area contributed by atoms with E-state index >= 15 is 0 Å². The van der Waals surface area contributed by atoms with Gasteiger partial charge in [-0.2, -0.15) is 0 Å². The van der Waals surface area contributed by atoms with E-state index in [-0.39, 0.29) is 18.4 Å². The number of benzene rings is 2. The minimum atomic E-state index is -0.300. The van der Waals surface area contributed by atoms with Crippen molar-refractivity contribution < 1.29 is 19.1 Å². The summed E-state index contributed by atoms with van der Waals surface area (Å²) in [5.74, 6) is 0.570. The predicted molar refractivity (Wildman–Crippen MR) is 124 cm³/mol. The Morgan fingerprint density at radius 1 is 1.13 bits per heavy atom. The average Bonchev–Trinajstić information content (AvgIpc) is 2.97. The third-order valence-electron chi connectivity index (χ3n) is 4.54. The van der Waals surface area contributed by atoms with Crippen LogP contribution in [0.4, 0.5) is 5.69 Å². The number of hydrogen-bond donors (Lipinski definition) is 1. The highest BCUT2D eigenvalue weighted by molar-refractivity contribution is 8.26. The third kappa shape index (κ3) is 4.83. The lowest BCUT2D eigenvalue weighted by Crippen LogP contribution is -2.36. The van der Waals surface area contributed by atoms with Crippen molar-refractivity contribution in [2.45, 2.75) is 13.8 Å². The zero-order valence-electron chi connectivity index (χ0n) is 17.1. The summed E-state index contributed by atoms with van der Waals surface area (Å²) in [5.41, 5.74) is 3.56. The first-order valence-electron chi connectivity index (χ1n) is 9.17. The molecule has 0 spiro atoms. The molecule has 1 fully saturated rings. The van der Waals surface area contributed by atoms with Gasteiger partial charge in [-0.3, -0.25) is 14.5 Å². The number of ether oxygens (including phenoxy) is 2. The molecule has 1 saturated heterocycles. The van der Waals surface area contributed by atoms with Crippen LogP contribution >= 0.6 is 24.0 Å². The number of hydrogen-bond acceptors (Lipinski definition) is 6. The van der Waals surface area contributed by atoms with E-state index in [4.69, 9.17) is 21.7 Å². The van der Waals surface area contributed by atoms with E-state index in [1.54, 1.807) is 32.4 Å². The Kier molecular flexibility index (Phi) is 6.79. The van der Waals surface area contributed by atoms with Gasteiger partial charge >= 0.3 is 0 Å². The van der Waals surface area contributed by atoms with Gasteiger partial charge in [0.2, 0.25) is 5.91 Å².